The number of hydrogen-bond acceptors (Lipinski definition) is 9. The minimum atomic E-state index is -1.36. The number of benzene rings is 2. The van der Waals surface area contributed by atoms with Crippen molar-refractivity contribution in [2.75, 3.05) is 18.6 Å². The summed E-state index contributed by atoms with van der Waals surface area (Å²) in [5, 5.41) is 50.0. The van der Waals surface area contributed by atoms with Crippen LogP contribution in [0.25, 0.3) is 11.3 Å². The molecular weight excluding hydrogens is 681 g/mol. The summed E-state index contributed by atoms with van der Waals surface area (Å²) in [6.45, 7) is -0.613. The highest BCUT2D eigenvalue weighted by Gasteiger charge is 2.52. The fraction of sp³-hybridized carbons (Fsp3) is 0.429. The van der Waals surface area contributed by atoms with E-state index in [9.17, 15) is 29.8 Å². The Morgan fingerprint density at radius 1 is 1.21 bits per heavy atom. The van der Waals surface area contributed by atoms with Crippen LogP contribution < -0.4 is 4.90 Å². The number of hydrogen-bond donors (Lipinski definition) is 3. The molecule has 0 bridgehead atoms. The minimum Gasteiger partial charge on any atom is -0.394 e. The highest BCUT2D eigenvalue weighted by atomic mass is 79.9. The highest BCUT2D eigenvalue weighted by Crippen LogP contribution is 2.37. The van der Waals surface area contributed by atoms with E-state index in [-0.39, 0.29) is 0 Å². The fourth-order valence-electron chi connectivity index (χ4n) is 5.73. The Hall–Kier alpha value is -2.77. The van der Waals surface area contributed by atoms with Gasteiger partial charge < -0.3 is 29.7 Å². The van der Waals surface area contributed by atoms with Gasteiger partial charge in [0.15, 0.2) is 6.10 Å². The first-order valence-corrected chi connectivity index (χ1v) is 14.8. The zero-order valence-electron chi connectivity index (χ0n) is 22.3. The molecule has 2 heterocycles. The molecule has 2 fully saturated rings. The Morgan fingerprint density at radius 3 is 2.62 bits per heavy atom. The van der Waals surface area contributed by atoms with Crippen molar-refractivity contribution in [2.24, 2.45) is 0 Å². The molecule has 7 atom stereocenters. The van der Waals surface area contributed by atoms with Crippen molar-refractivity contribution >= 4 is 43.5 Å². The molecule has 0 spiro atoms. The Balaban J connectivity index is 1.55. The van der Waals surface area contributed by atoms with Crippen LogP contribution in [0.1, 0.15) is 30.9 Å². The van der Waals surface area contributed by atoms with Gasteiger partial charge in [-0.15, -0.1) is 5.10 Å². The van der Waals surface area contributed by atoms with Gasteiger partial charge in [-0.2, -0.15) is 5.26 Å². The second kappa shape index (κ2) is 12.8. The van der Waals surface area contributed by atoms with E-state index in [4.69, 9.17) is 9.47 Å². The van der Waals surface area contributed by atoms with Gasteiger partial charge in [-0.25, -0.2) is 9.07 Å². The van der Waals surface area contributed by atoms with Gasteiger partial charge in [0.2, 0.25) is 0 Å². The molecule has 222 valence electrons. The van der Waals surface area contributed by atoms with E-state index in [1.165, 1.54) is 35.0 Å². The van der Waals surface area contributed by atoms with Gasteiger partial charge in [0.05, 0.1) is 36.6 Å². The van der Waals surface area contributed by atoms with Crippen LogP contribution in [0.15, 0.2) is 51.5 Å². The van der Waals surface area contributed by atoms with Crippen molar-refractivity contribution in [1.82, 2.24) is 15.0 Å². The number of nitriles is 1. The fourth-order valence-corrected chi connectivity index (χ4v) is 6.68. The van der Waals surface area contributed by atoms with Crippen molar-refractivity contribution in [3.8, 4) is 17.3 Å². The molecule has 1 amide bonds. The van der Waals surface area contributed by atoms with Crippen molar-refractivity contribution < 1.29 is 34.0 Å². The highest BCUT2D eigenvalue weighted by molar-refractivity contribution is 9.10. The van der Waals surface area contributed by atoms with E-state index in [1.807, 2.05) is 0 Å². The predicted molar refractivity (Wildman–Crippen MR) is 155 cm³/mol. The van der Waals surface area contributed by atoms with E-state index in [1.54, 1.807) is 24.3 Å². The van der Waals surface area contributed by atoms with Gasteiger partial charge in [-0.3, -0.25) is 4.79 Å². The van der Waals surface area contributed by atoms with Crippen LogP contribution in [0.3, 0.4) is 0 Å². The average Bonchev–Trinajstić information content (AvgIpc) is 3.61. The van der Waals surface area contributed by atoms with Crippen molar-refractivity contribution in [1.29, 1.82) is 5.26 Å². The predicted octanol–water partition coefficient (Wildman–Crippen LogP) is 3.10. The lowest BCUT2D eigenvalue weighted by Gasteiger charge is -2.45. The number of aromatic nitrogens is 3. The topological polar surface area (TPSA) is 154 Å². The Bertz CT molecular complexity index is 1480. The molecule has 1 aliphatic heterocycles. The molecule has 1 saturated carbocycles. The first kappa shape index (κ1) is 30.7. The molecule has 42 heavy (non-hydrogen) atoms. The molecule has 3 N–H and O–H groups in total. The molecule has 2 aliphatic rings. The zero-order valence-corrected chi connectivity index (χ0v) is 25.5. The zero-order chi connectivity index (χ0) is 30.1. The smallest absolute Gasteiger partial charge is 0.259 e. The summed E-state index contributed by atoms with van der Waals surface area (Å²) in [5.41, 5.74) is 1.41. The second-order valence-corrected chi connectivity index (χ2v) is 12.1. The molecule has 0 radical (unpaired) electrons. The number of carbonyl (C=O) groups excluding carboxylic acids is 1. The Morgan fingerprint density at radius 2 is 1.98 bits per heavy atom. The lowest BCUT2D eigenvalue weighted by atomic mass is 9.91. The standard InChI is InChI=1S/C28H28Br2FN5O6/c1-41-26-24(35-12-20(33-34-35)15-7-17(30)9-18(31)8-15)25(39)23(13-37)42-27(26)28(40)36(21-3-2-4-22(21)38)19-6-14(11-32)5-16(29)10-19/h5-10,12,21-27,37-39H,2-4,13H2,1H3/t21-,22-,23?,24?,25?,26?,27?/m1/s1. The van der Waals surface area contributed by atoms with E-state index in [2.05, 4.69) is 48.2 Å². The van der Waals surface area contributed by atoms with Gasteiger partial charge in [0.1, 0.15) is 35.9 Å². The number of aliphatic hydroxyl groups excluding tert-OH is 3. The third kappa shape index (κ3) is 6.00. The van der Waals surface area contributed by atoms with E-state index in [0.29, 0.717) is 50.7 Å². The molecule has 11 nitrogen and oxygen atoms in total. The number of methoxy groups -OCH3 is 1. The summed E-state index contributed by atoms with van der Waals surface area (Å²) in [5.74, 6) is -1.07. The van der Waals surface area contributed by atoms with Gasteiger partial charge in [-0.05, 0) is 55.7 Å². The number of nitrogens with zero attached hydrogens (tertiary/aromatic N) is 5. The summed E-state index contributed by atoms with van der Waals surface area (Å²) in [6.07, 6.45) is -2.66. The molecule has 5 rings (SSSR count). The van der Waals surface area contributed by atoms with Crippen LogP contribution in [0.5, 0.6) is 0 Å². The summed E-state index contributed by atoms with van der Waals surface area (Å²) in [6, 6.07) is 9.51. The average molecular weight is 709 g/mol. The maximum atomic E-state index is 14.4. The first-order chi connectivity index (χ1) is 20.1. The van der Waals surface area contributed by atoms with E-state index in [0.717, 1.165) is 0 Å². The molecule has 2 aromatic carbocycles. The van der Waals surface area contributed by atoms with Crippen molar-refractivity contribution in [3.63, 3.8) is 0 Å². The number of rotatable bonds is 7. The van der Waals surface area contributed by atoms with Crippen LogP contribution in [-0.2, 0) is 14.3 Å². The summed E-state index contributed by atoms with van der Waals surface area (Å²) < 4.78 is 28.2. The molecular formula is C28H28Br2FN5O6. The summed E-state index contributed by atoms with van der Waals surface area (Å²) in [4.78, 5) is 15.8. The number of amides is 1. The molecule has 1 aromatic heterocycles. The van der Waals surface area contributed by atoms with Crippen LogP contribution in [-0.4, -0.2) is 86.5 Å². The summed E-state index contributed by atoms with van der Waals surface area (Å²) >= 11 is 6.66. The normalized spacial score (nSPS) is 27.5. The Kier molecular flexibility index (Phi) is 9.38. The molecule has 1 saturated heterocycles. The lowest BCUT2D eigenvalue weighted by Crippen LogP contribution is -2.62. The summed E-state index contributed by atoms with van der Waals surface area (Å²) in [7, 11) is 1.36. The van der Waals surface area contributed by atoms with Crippen LogP contribution in [0.2, 0.25) is 0 Å². The quantitative estimate of drug-likeness (QED) is 0.336. The molecule has 1 aliphatic carbocycles. The number of aliphatic hydroxyl groups is 3. The van der Waals surface area contributed by atoms with Crippen LogP contribution >= 0.6 is 31.9 Å². The number of carbonyl (C=O) groups is 1. The van der Waals surface area contributed by atoms with Crippen LogP contribution in [0, 0.1) is 17.1 Å². The van der Waals surface area contributed by atoms with E-state index >= 15 is 0 Å². The molecule has 3 aromatic rings. The third-order valence-corrected chi connectivity index (χ3v) is 8.58. The maximum absolute atomic E-state index is 14.4. The van der Waals surface area contributed by atoms with E-state index < -0.39 is 60.9 Å². The van der Waals surface area contributed by atoms with Gasteiger partial charge in [0, 0.05) is 27.3 Å². The molecule has 5 unspecified atom stereocenters. The van der Waals surface area contributed by atoms with Gasteiger partial charge >= 0.3 is 0 Å². The van der Waals surface area contributed by atoms with Crippen molar-refractivity contribution in [2.45, 2.75) is 61.9 Å². The van der Waals surface area contributed by atoms with Crippen LogP contribution in [0.4, 0.5) is 10.1 Å². The second-order valence-electron chi connectivity index (χ2n) is 10.3. The third-order valence-electron chi connectivity index (χ3n) is 7.66. The number of ether oxygens (including phenoxy) is 2. The first-order valence-electron chi connectivity index (χ1n) is 13.2. The SMILES string of the molecule is COC1C(C(=O)N(c2cc(Br)cc(C#N)c2)[C@@H]2CCC[C@H]2O)OC(CO)C(O)C1n1cc(-c2cc(F)cc(Br)c2)nn1. The van der Waals surface area contributed by atoms with Gasteiger partial charge in [-0.1, -0.05) is 37.1 Å². The number of anilines is 1. The minimum absolute atomic E-state index is 0.304. The molecule has 14 heteroatoms. The van der Waals surface area contributed by atoms with Crippen molar-refractivity contribution in [3.05, 3.63) is 62.9 Å². The lowest BCUT2D eigenvalue weighted by molar-refractivity contribution is -0.211. The largest absolute Gasteiger partial charge is 0.394 e. The van der Waals surface area contributed by atoms with Gasteiger partial charge in [0.25, 0.3) is 5.91 Å². The maximum Gasteiger partial charge on any atom is 0.259 e. The number of halogens is 3. The Labute approximate surface area is 257 Å². The monoisotopic (exact) mass is 707 g/mol.